The molecule has 1 fully saturated rings. The maximum Gasteiger partial charge on any atom is 0.293 e. The zero-order chi connectivity index (χ0) is 39.8. The summed E-state index contributed by atoms with van der Waals surface area (Å²) in [6, 6.07) is 35.8. The molecule has 0 unspecified atom stereocenters. The lowest BCUT2D eigenvalue weighted by molar-refractivity contribution is -0.384. The van der Waals surface area contributed by atoms with Crippen LogP contribution >= 0.6 is 23.4 Å². The van der Waals surface area contributed by atoms with Crippen molar-refractivity contribution in [2.45, 2.75) is 28.8 Å². The Kier molecular flexibility index (Phi) is 12.9. The fraction of sp³-hybridized carbons (Fsp3) is 0.238. The summed E-state index contributed by atoms with van der Waals surface area (Å²) in [5.74, 6) is 0.745. The quantitative estimate of drug-likeness (QED) is 0.0494. The Morgan fingerprint density at radius 3 is 2.40 bits per heavy atom. The molecule has 1 saturated heterocycles. The predicted octanol–water partition coefficient (Wildman–Crippen LogP) is 8.16. The highest BCUT2D eigenvalue weighted by molar-refractivity contribution is 7.99. The second kappa shape index (κ2) is 18.3. The Balaban J connectivity index is 1.02. The van der Waals surface area contributed by atoms with Crippen LogP contribution in [0, 0.1) is 10.1 Å². The smallest absolute Gasteiger partial charge is 0.293 e. The van der Waals surface area contributed by atoms with E-state index < -0.39 is 14.9 Å². The first-order chi connectivity index (χ1) is 27.7. The van der Waals surface area contributed by atoms with Gasteiger partial charge in [0.15, 0.2) is 5.82 Å². The largest absolute Gasteiger partial charge is 0.376 e. The predicted molar refractivity (Wildman–Crippen MR) is 231 cm³/mol. The van der Waals surface area contributed by atoms with Gasteiger partial charge in [-0.2, -0.15) is 0 Å². The second-order valence-electron chi connectivity index (χ2n) is 13.8. The number of rotatable bonds is 16. The minimum atomic E-state index is -4.26. The van der Waals surface area contributed by atoms with E-state index in [9.17, 15) is 18.5 Å². The molecule has 15 heteroatoms. The number of anilines is 3. The highest BCUT2D eigenvalue weighted by Gasteiger charge is 2.25. The van der Waals surface area contributed by atoms with Gasteiger partial charge in [-0.1, -0.05) is 66.2 Å². The molecule has 2 heterocycles. The number of fused-ring (bicyclic) bond motifs is 1. The molecule has 57 heavy (non-hydrogen) atoms. The molecule has 0 amide bonds. The van der Waals surface area contributed by atoms with Crippen LogP contribution in [0.1, 0.15) is 12.0 Å². The van der Waals surface area contributed by atoms with Gasteiger partial charge in [0.25, 0.3) is 15.7 Å². The van der Waals surface area contributed by atoms with Crippen LogP contribution < -0.4 is 20.3 Å². The molecule has 3 N–H and O–H groups in total. The van der Waals surface area contributed by atoms with Crippen molar-refractivity contribution >= 4 is 67.2 Å². The summed E-state index contributed by atoms with van der Waals surface area (Å²) in [4.78, 5) is 26.0. The van der Waals surface area contributed by atoms with Gasteiger partial charge in [-0.05, 0) is 91.3 Å². The molecule has 1 atom stereocenters. The van der Waals surface area contributed by atoms with E-state index in [0.29, 0.717) is 34.6 Å². The number of hydrogen-bond donors (Lipinski definition) is 3. The minimum absolute atomic E-state index is 0.0886. The number of aromatic nitrogens is 2. The normalized spacial score (nSPS) is 14.0. The van der Waals surface area contributed by atoms with Crippen molar-refractivity contribution in [2.24, 2.45) is 0 Å². The Hall–Kier alpha value is -5.25. The van der Waals surface area contributed by atoms with E-state index in [2.05, 4.69) is 71.5 Å². The summed E-state index contributed by atoms with van der Waals surface area (Å²) in [5, 5.41) is 19.9. The third-order valence-corrected chi connectivity index (χ3v) is 12.7. The van der Waals surface area contributed by atoms with Gasteiger partial charge in [-0.3, -0.25) is 19.7 Å². The molecule has 5 aromatic carbocycles. The van der Waals surface area contributed by atoms with E-state index in [-0.39, 0.29) is 28.1 Å². The van der Waals surface area contributed by atoms with Crippen molar-refractivity contribution in [1.29, 1.82) is 0 Å². The average Bonchev–Trinajstić information content (AvgIpc) is 3.23. The number of sulfonamides is 1. The zero-order valence-electron chi connectivity index (χ0n) is 31.3. The third-order valence-electron chi connectivity index (χ3n) is 9.93. The molecule has 1 aliphatic heterocycles. The van der Waals surface area contributed by atoms with Crippen LogP contribution in [0.15, 0.2) is 131 Å². The van der Waals surface area contributed by atoms with Crippen LogP contribution in [0.5, 0.6) is 0 Å². The van der Waals surface area contributed by atoms with E-state index in [1.54, 1.807) is 11.8 Å². The summed E-state index contributed by atoms with van der Waals surface area (Å²) >= 11 is 7.78. The molecule has 0 radical (unpaired) electrons. The molecule has 294 valence electrons. The number of halogens is 1. The monoisotopic (exact) mass is 822 g/mol. The third kappa shape index (κ3) is 10.0. The van der Waals surface area contributed by atoms with Crippen molar-refractivity contribution < 1.29 is 13.3 Å². The van der Waals surface area contributed by atoms with Gasteiger partial charge in [0, 0.05) is 71.6 Å². The van der Waals surface area contributed by atoms with Gasteiger partial charge >= 0.3 is 0 Å². The zero-order valence-corrected chi connectivity index (χ0v) is 33.7. The molecule has 1 aromatic heterocycles. The Bertz CT molecular complexity index is 2430. The fourth-order valence-corrected chi connectivity index (χ4v) is 9.05. The van der Waals surface area contributed by atoms with E-state index >= 15 is 0 Å². The molecular formula is C42H43ClN8O4S2. The molecule has 7 rings (SSSR count). The number of nitro benzene ring substituents is 1. The molecule has 1 aliphatic rings. The summed E-state index contributed by atoms with van der Waals surface area (Å²) in [7, 11) is -2.41. The molecule has 0 spiro atoms. The van der Waals surface area contributed by atoms with Crippen molar-refractivity contribution in [3.05, 3.63) is 142 Å². The molecule has 0 aliphatic carbocycles. The van der Waals surface area contributed by atoms with Gasteiger partial charge in [-0.15, -0.1) is 11.8 Å². The van der Waals surface area contributed by atoms with E-state index in [1.807, 2.05) is 67.7 Å². The average molecular weight is 823 g/mol. The Morgan fingerprint density at radius 1 is 0.895 bits per heavy atom. The van der Waals surface area contributed by atoms with Gasteiger partial charge in [0.05, 0.1) is 15.3 Å². The summed E-state index contributed by atoms with van der Waals surface area (Å²) < 4.78 is 30.0. The van der Waals surface area contributed by atoms with E-state index in [4.69, 9.17) is 11.6 Å². The van der Waals surface area contributed by atoms with Crippen LogP contribution in [-0.2, 0) is 16.6 Å². The first-order valence-electron chi connectivity index (χ1n) is 18.6. The number of piperazine rings is 1. The maximum atomic E-state index is 13.7. The molecule has 6 aromatic rings. The number of benzene rings is 5. The van der Waals surface area contributed by atoms with Gasteiger partial charge in [0.2, 0.25) is 0 Å². The lowest BCUT2D eigenvalue weighted by Crippen LogP contribution is -2.46. The highest BCUT2D eigenvalue weighted by atomic mass is 35.5. The van der Waals surface area contributed by atoms with Gasteiger partial charge in [0.1, 0.15) is 12.0 Å². The molecule has 12 nitrogen and oxygen atoms in total. The summed E-state index contributed by atoms with van der Waals surface area (Å²) in [5.41, 5.74) is 5.06. The first-order valence-corrected chi connectivity index (χ1v) is 21.5. The van der Waals surface area contributed by atoms with Gasteiger partial charge in [-0.25, -0.2) is 18.4 Å². The SMILES string of the molecule is CNCC[C@H](CSc1ccccc1)Nc1ccc(S(=O)(=O)Nc2ncnc3cc(N4CCN(Cc5ccccc5-c5ccc(Cl)cc5)CC4)ccc23)cc1[N+](=O)[O-]. The van der Waals surface area contributed by atoms with Crippen LogP contribution in [0.25, 0.3) is 22.0 Å². The minimum Gasteiger partial charge on any atom is -0.376 e. The Labute approximate surface area is 341 Å². The summed E-state index contributed by atoms with van der Waals surface area (Å²) in [6.45, 7) is 4.88. The number of nitrogens with zero attached hydrogens (tertiary/aromatic N) is 5. The molecule has 0 bridgehead atoms. The van der Waals surface area contributed by atoms with Crippen LogP contribution in [-0.4, -0.2) is 79.8 Å². The highest BCUT2D eigenvalue weighted by Crippen LogP contribution is 2.33. The van der Waals surface area contributed by atoms with E-state index in [0.717, 1.165) is 54.9 Å². The van der Waals surface area contributed by atoms with Crippen molar-refractivity contribution in [3.63, 3.8) is 0 Å². The second-order valence-corrected chi connectivity index (χ2v) is 17.0. The lowest BCUT2D eigenvalue weighted by Gasteiger charge is -2.36. The standard InChI is InChI=1S/C42H43ClN8O4S2/c1-44-20-19-33(28-56-35-8-3-2-4-9-35)47-39-18-16-36(26-41(39)51(52)53)57(54,55)48-42-38-17-15-34(25-40(38)45-29-46-42)50-23-21-49(22-24-50)27-31-7-5-6-10-37(31)30-11-13-32(43)14-12-30/h2-18,25-26,29,33,44,47H,19-24,27-28H2,1H3,(H,45,46,48)/t33-/m1/s1. The van der Waals surface area contributed by atoms with Crippen LogP contribution in [0.3, 0.4) is 0 Å². The number of nitro groups is 1. The molecule has 0 saturated carbocycles. The van der Waals surface area contributed by atoms with Crippen LogP contribution in [0.4, 0.5) is 22.9 Å². The number of nitrogens with one attached hydrogen (secondary N) is 3. The Morgan fingerprint density at radius 2 is 1.65 bits per heavy atom. The number of thioether (sulfide) groups is 1. The fourth-order valence-electron chi connectivity index (χ4n) is 6.88. The van der Waals surface area contributed by atoms with Crippen molar-refractivity contribution in [3.8, 4) is 11.1 Å². The van der Waals surface area contributed by atoms with Crippen molar-refractivity contribution in [1.82, 2.24) is 20.2 Å². The first kappa shape index (κ1) is 40.0. The maximum absolute atomic E-state index is 13.7. The molecular weight excluding hydrogens is 780 g/mol. The van der Waals surface area contributed by atoms with Crippen LogP contribution in [0.2, 0.25) is 5.02 Å². The lowest BCUT2D eigenvalue weighted by atomic mass is 9.99. The van der Waals surface area contributed by atoms with Crippen molar-refractivity contribution in [2.75, 3.05) is 60.5 Å². The topological polar surface area (TPSA) is 146 Å². The number of hydrogen-bond acceptors (Lipinski definition) is 11. The van der Waals surface area contributed by atoms with E-state index in [1.165, 1.54) is 29.6 Å². The van der Waals surface area contributed by atoms with Gasteiger partial charge < -0.3 is 15.5 Å². The summed E-state index contributed by atoms with van der Waals surface area (Å²) in [6.07, 6.45) is 2.02.